The summed E-state index contributed by atoms with van der Waals surface area (Å²) >= 11 is 0. The standard InChI is InChI=1S/C14H18N4O/c1-3-18(9-11-4-6-12(15)7-5-11)14(19)13-8-16-10-17(13)2/h4-8,10H,3,9,15H2,1-2H3. The predicted molar refractivity (Wildman–Crippen MR) is 74.5 cm³/mol. The lowest BCUT2D eigenvalue weighted by Gasteiger charge is -2.21. The first-order valence-corrected chi connectivity index (χ1v) is 6.21. The number of aromatic nitrogens is 2. The molecule has 0 atom stereocenters. The highest BCUT2D eigenvalue weighted by atomic mass is 16.2. The van der Waals surface area contributed by atoms with Gasteiger partial charge in [-0.3, -0.25) is 4.79 Å². The minimum Gasteiger partial charge on any atom is -0.399 e. The van der Waals surface area contributed by atoms with Crippen LogP contribution in [0.25, 0.3) is 0 Å². The fourth-order valence-electron chi connectivity index (χ4n) is 1.90. The monoisotopic (exact) mass is 258 g/mol. The molecule has 1 aromatic carbocycles. The highest BCUT2D eigenvalue weighted by Gasteiger charge is 2.17. The molecule has 100 valence electrons. The van der Waals surface area contributed by atoms with Crippen molar-refractivity contribution in [1.82, 2.24) is 14.5 Å². The van der Waals surface area contributed by atoms with Crippen LogP contribution in [-0.2, 0) is 13.6 Å². The van der Waals surface area contributed by atoms with Gasteiger partial charge in [-0.25, -0.2) is 4.98 Å². The first kappa shape index (κ1) is 13.1. The largest absolute Gasteiger partial charge is 0.399 e. The van der Waals surface area contributed by atoms with Crippen LogP contribution in [-0.4, -0.2) is 26.9 Å². The molecule has 2 aromatic rings. The fraction of sp³-hybridized carbons (Fsp3) is 0.286. The van der Waals surface area contributed by atoms with Gasteiger partial charge in [0, 0.05) is 25.8 Å². The Morgan fingerprint density at radius 1 is 1.37 bits per heavy atom. The van der Waals surface area contributed by atoms with Crippen molar-refractivity contribution in [2.24, 2.45) is 7.05 Å². The molecule has 0 spiro atoms. The molecule has 5 heteroatoms. The van der Waals surface area contributed by atoms with Crippen molar-refractivity contribution in [3.05, 3.63) is 48.0 Å². The maximum atomic E-state index is 12.4. The van der Waals surface area contributed by atoms with Gasteiger partial charge in [0.2, 0.25) is 0 Å². The number of imidazole rings is 1. The minimum absolute atomic E-state index is 0.0145. The molecule has 0 aliphatic heterocycles. The molecule has 0 saturated heterocycles. The summed E-state index contributed by atoms with van der Waals surface area (Å²) in [5.41, 5.74) is 8.04. The summed E-state index contributed by atoms with van der Waals surface area (Å²) in [6.45, 7) is 3.18. The van der Waals surface area contributed by atoms with E-state index in [0.29, 0.717) is 18.8 Å². The molecular formula is C14H18N4O. The molecular weight excluding hydrogens is 240 g/mol. The van der Waals surface area contributed by atoms with E-state index in [-0.39, 0.29) is 5.91 Å². The molecule has 0 aliphatic rings. The van der Waals surface area contributed by atoms with E-state index in [0.717, 1.165) is 11.3 Å². The van der Waals surface area contributed by atoms with Crippen LogP contribution < -0.4 is 5.73 Å². The number of carbonyl (C=O) groups is 1. The van der Waals surface area contributed by atoms with Crippen molar-refractivity contribution >= 4 is 11.6 Å². The third kappa shape index (κ3) is 2.93. The summed E-state index contributed by atoms with van der Waals surface area (Å²) in [5.74, 6) is -0.0145. The summed E-state index contributed by atoms with van der Waals surface area (Å²) < 4.78 is 1.73. The van der Waals surface area contributed by atoms with Gasteiger partial charge in [-0.1, -0.05) is 12.1 Å². The molecule has 0 fully saturated rings. The van der Waals surface area contributed by atoms with Gasteiger partial charge in [0.1, 0.15) is 5.69 Å². The number of nitrogens with two attached hydrogens (primary N) is 1. The third-order valence-electron chi connectivity index (χ3n) is 3.06. The van der Waals surface area contributed by atoms with Crippen LogP contribution in [0.4, 0.5) is 5.69 Å². The zero-order valence-corrected chi connectivity index (χ0v) is 11.2. The van der Waals surface area contributed by atoms with Gasteiger partial charge < -0.3 is 15.2 Å². The van der Waals surface area contributed by atoms with E-state index in [1.807, 2.05) is 38.2 Å². The van der Waals surface area contributed by atoms with Gasteiger partial charge in [0.05, 0.1) is 12.5 Å². The van der Waals surface area contributed by atoms with E-state index in [4.69, 9.17) is 5.73 Å². The van der Waals surface area contributed by atoms with Gasteiger partial charge in [0.15, 0.2) is 0 Å². The zero-order chi connectivity index (χ0) is 13.8. The van der Waals surface area contributed by atoms with Crippen molar-refractivity contribution in [2.75, 3.05) is 12.3 Å². The van der Waals surface area contributed by atoms with Crippen molar-refractivity contribution in [2.45, 2.75) is 13.5 Å². The molecule has 0 radical (unpaired) electrons. The maximum absolute atomic E-state index is 12.4. The number of rotatable bonds is 4. The molecule has 2 rings (SSSR count). The minimum atomic E-state index is -0.0145. The quantitative estimate of drug-likeness (QED) is 0.848. The molecule has 2 N–H and O–H groups in total. The first-order valence-electron chi connectivity index (χ1n) is 6.21. The number of hydrogen-bond donors (Lipinski definition) is 1. The lowest BCUT2D eigenvalue weighted by atomic mass is 10.2. The fourth-order valence-corrected chi connectivity index (χ4v) is 1.90. The van der Waals surface area contributed by atoms with Crippen LogP contribution >= 0.6 is 0 Å². The Kier molecular flexibility index (Phi) is 3.85. The van der Waals surface area contributed by atoms with Crippen molar-refractivity contribution in [1.29, 1.82) is 0 Å². The molecule has 19 heavy (non-hydrogen) atoms. The molecule has 0 saturated carbocycles. The van der Waals surface area contributed by atoms with Crippen LogP contribution in [0.1, 0.15) is 23.0 Å². The highest BCUT2D eigenvalue weighted by Crippen LogP contribution is 2.11. The van der Waals surface area contributed by atoms with E-state index < -0.39 is 0 Å². The summed E-state index contributed by atoms with van der Waals surface area (Å²) in [6.07, 6.45) is 3.22. The van der Waals surface area contributed by atoms with Gasteiger partial charge in [-0.05, 0) is 24.6 Å². The second-order valence-electron chi connectivity index (χ2n) is 4.45. The average Bonchev–Trinajstić information content (AvgIpc) is 2.83. The van der Waals surface area contributed by atoms with Crippen molar-refractivity contribution in [3.63, 3.8) is 0 Å². The number of aryl methyl sites for hydroxylation is 1. The summed E-state index contributed by atoms with van der Waals surface area (Å²) in [7, 11) is 1.82. The predicted octanol–water partition coefficient (Wildman–Crippen LogP) is 1.66. The molecule has 1 amide bonds. The number of benzene rings is 1. The van der Waals surface area contributed by atoms with Gasteiger partial charge >= 0.3 is 0 Å². The Morgan fingerprint density at radius 2 is 2.05 bits per heavy atom. The smallest absolute Gasteiger partial charge is 0.272 e. The number of hydrogen-bond acceptors (Lipinski definition) is 3. The Hall–Kier alpha value is -2.30. The lowest BCUT2D eigenvalue weighted by Crippen LogP contribution is -2.31. The van der Waals surface area contributed by atoms with Crippen LogP contribution in [0.15, 0.2) is 36.8 Å². The van der Waals surface area contributed by atoms with Gasteiger partial charge in [0.25, 0.3) is 5.91 Å². The summed E-state index contributed by atoms with van der Waals surface area (Å²) in [5, 5.41) is 0. The topological polar surface area (TPSA) is 64.2 Å². The number of nitrogen functional groups attached to an aromatic ring is 1. The summed E-state index contributed by atoms with van der Waals surface area (Å²) in [6, 6.07) is 7.57. The maximum Gasteiger partial charge on any atom is 0.272 e. The lowest BCUT2D eigenvalue weighted by molar-refractivity contribution is 0.0743. The Bertz CT molecular complexity index is 559. The van der Waals surface area contributed by atoms with Crippen LogP contribution in [0.5, 0.6) is 0 Å². The number of anilines is 1. The van der Waals surface area contributed by atoms with E-state index >= 15 is 0 Å². The first-order chi connectivity index (χ1) is 9.11. The molecule has 1 aromatic heterocycles. The number of amides is 1. The second kappa shape index (κ2) is 5.56. The molecule has 0 bridgehead atoms. The van der Waals surface area contributed by atoms with Crippen LogP contribution in [0.3, 0.4) is 0 Å². The third-order valence-corrected chi connectivity index (χ3v) is 3.06. The highest BCUT2D eigenvalue weighted by molar-refractivity contribution is 5.92. The van der Waals surface area contributed by atoms with Gasteiger partial charge in [-0.15, -0.1) is 0 Å². The Balaban J connectivity index is 2.14. The van der Waals surface area contributed by atoms with E-state index in [9.17, 15) is 4.79 Å². The average molecular weight is 258 g/mol. The summed E-state index contributed by atoms with van der Waals surface area (Å²) in [4.78, 5) is 18.1. The SMILES string of the molecule is CCN(Cc1ccc(N)cc1)C(=O)c1cncn1C. The molecule has 0 aliphatic carbocycles. The van der Waals surface area contributed by atoms with E-state index in [2.05, 4.69) is 4.98 Å². The molecule has 5 nitrogen and oxygen atoms in total. The zero-order valence-electron chi connectivity index (χ0n) is 11.2. The van der Waals surface area contributed by atoms with Crippen molar-refractivity contribution in [3.8, 4) is 0 Å². The normalized spacial score (nSPS) is 10.4. The second-order valence-corrected chi connectivity index (χ2v) is 4.45. The van der Waals surface area contributed by atoms with Crippen LogP contribution in [0, 0.1) is 0 Å². The molecule has 1 heterocycles. The van der Waals surface area contributed by atoms with E-state index in [1.54, 1.807) is 22.0 Å². The Morgan fingerprint density at radius 3 is 2.58 bits per heavy atom. The number of nitrogens with zero attached hydrogens (tertiary/aromatic N) is 3. The Labute approximate surface area is 112 Å². The number of carbonyl (C=O) groups excluding carboxylic acids is 1. The van der Waals surface area contributed by atoms with Crippen molar-refractivity contribution < 1.29 is 4.79 Å². The van der Waals surface area contributed by atoms with Gasteiger partial charge in [-0.2, -0.15) is 0 Å². The molecule has 0 unspecified atom stereocenters. The van der Waals surface area contributed by atoms with E-state index in [1.165, 1.54) is 0 Å². The van der Waals surface area contributed by atoms with Crippen LogP contribution in [0.2, 0.25) is 0 Å².